The Hall–Kier alpha value is -2.61. The molecule has 0 aliphatic heterocycles. The van der Waals surface area contributed by atoms with E-state index in [1.165, 1.54) is 19.2 Å². The fourth-order valence-corrected chi connectivity index (χ4v) is 2.83. The first kappa shape index (κ1) is 17.7. The van der Waals surface area contributed by atoms with E-state index in [0.717, 1.165) is 6.26 Å². The number of Topliss-reactive ketones (excluding diaryl/α,β-unsaturated/α-hetero) is 1. The van der Waals surface area contributed by atoms with Crippen molar-refractivity contribution in [3.63, 3.8) is 0 Å². The molecule has 0 aliphatic rings. The fraction of sp³-hybridized carbons (Fsp3) is 0.250. The highest BCUT2D eigenvalue weighted by Gasteiger charge is 2.17. The van der Waals surface area contributed by atoms with Crippen molar-refractivity contribution in [3.8, 4) is 0 Å². The largest absolute Gasteiger partial charge is 0.356 e. The molecule has 7 nitrogen and oxygen atoms in total. The highest BCUT2D eigenvalue weighted by atomic mass is 32.2. The summed E-state index contributed by atoms with van der Waals surface area (Å²) in [5.74, 6) is -0.523. The third-order valence-electron chi connectivity index (χ3n) is 3.40. The molecule has 1 heterocycles. The van der Waals surface area contributed by atoms with Gasteiger partial charge in [-0.1, -0.05) is 18.2 Å². The Balaban J connectivity index is 2.18. The number of carbonyl (C=O) groups is 2. The maximum Gasteiger partial charge on any atom is 0.268 e. The second-order valence-corrected chi connectivity index (χ2v) is 7.26. The number of sulfonamides is 1. The molecular formula is C16H19N3O4S. The second kappa shape index (κ2) is 6.88. The van der Waals surface area contributed by atoms with Gasteiger partial charge in [0.15, 0.2) is 5.78 Å². The first-order valence-corrected chi connectivity index (χ1v) is 9.13. The van der Waals surface area contributed by atoms with Crippen LogP contribution in [0.4, 0.5) is 5.69 Å². The fourth-order valence-electron chi connectivity index (χ4n) is 2.25. The standard InChI is InChI=1S/C16H19N3O4S/c1-10(13-6-4-5-7-14(13)19-24(3,22)23)18-16(21)15-8-12(9-17-15)11(2)20/h4-10,17,19H,1-3H3,(H,18,21). The molecule has 2 rings (SSSR count). The van der Waals surface area contributed by atoms with Crippen molar-refractivity contribution < 1.29 is 18.0 Å². The van der Waals surface area contributed by atoms with E-state index < -0.39 is 16.1 Å². The normalized spacial score (nSPS) is 12.5. The Labute approximate surface area is 140 Å². The van der Waals surface area contributed by atoms with Gasteiger partial charge in [-0.25, -0.2) is 8.42 Å². The molecule has 1 atom stereocenters. The third-order valence-corrected chi connectivity index (χ3v) is 4.00. The van der Waals surface area contributed by atoms with E-state index in [4.69, 9.17) is 0 Å². The summed E-state index contributed by atoms with van der Waals surface area (Å²) in [6, 6.07) is 7.86. The van der Waals surface area contributed by atoms with E-state index in [9.17, 15) is 18.0 Å². The maximum absolute atomic E-state index is 12.3. The molecular weight excluding hydrogens is 330 g/mol. The quantitative estimate of drug-likeness (QED) is 0.694. The summed E-state index contributed by atoms with van der Waals surface area (Å²) in [6.45, 7) is 3.16. The molecule has 1 amide bonds. The van der Waals surface area contributed by atoms with Crippen LogP contribution in [0, 0.1) is 0 Å². The van der Waals surface area contributed by atoms with Crippen molar-refractivity contribution in [2.75, 3.05) is 11.0 Å². The summed E-state index contributed by atoms with van der Waals surface area (Å²) < 4.78 is 25.3. The molecule has 3 N–H and O–H groups in total. The van der Waals surface area contributed by atoms with Gasteiger partial charge in [0.2, 0.25) is 10.0 Å². The van der Waals surface area contributed by atoms with Crippen LogP contribution in [0.25, 0.3) is 0 Å². The van der Waals surface area contributed by atoms with Gasteiger partial charge in [-0.2, -0.15) is 0 Å². The number of aromatic nitrogens is 1. The SMILES string of the molecule is CC(=O)c1c[nH]c(C(=O)NC(C)c2ccccc2NS(C)(=O)=O)c1. The highest BCUT2D eigenvalue weighted by Crippen LogP contribution is 2.23. The Kier molecular flexibility index (Phi) is 5.08. The smallest absolute Gasteiger partial charge is 0.268 e. The number of hydrogen-bond acceptors (Lipinski definition) is 4. The number of H-pyrrole nitrogens is 1. The number of nitrogens with one attached hydrogen (secondary N) is 3. The summed E-state index contributed by atoms with van der Waals surface area (Å²) >= 11 is 0. The van der Waals surface area contributed by atoms with E-state index in [-0.39, 0.29) is 17.4 Å². The Morgan fingerprint density at radius 3 is 2.46 bits per heavy atom. The van der Waals surface area contributed by atoms with Crippen molar-refractivity contribution in [1.82, 2.24) is 10.3 Å². The van der Waals surface area contributed by atoms with Gasteiger partial charge in [0, 0.05) is 11.8 Å². The number of ketones is 1. The average Bonchev–Trinajstić information content (AvgIpc) is 2.96. The lowest BCUT2D eigenvalue weighted by Gasteiger charge is -2.18. The van der Waals surface area contributed by atoms with Crippen LogP contribution >= 0.6 is 0 Å². The second-order valence-electron chi connectivity index (χ2n) is 5.51. The van der Waals surface area contributed by atoms with Crippen LogP contribution in [0.1, 0.15) is 46.3 Å². The van der Waals surface area contributed by atoms with Crippen molar-refractivity contribution in [1.29, 1.82) is 0 Å². The maximum atomic E-state index is 12.3. The van der Waals surface area contributed by atoms with Crippen LogP contribution in [0.15, 0.2) is 36.5 Å². The molecule has 0 aliphatic carbocycles. The van der Waals surface area contributed by atoms with E-state index in [1.54, 1.807) is 31.2 Å². The number of aromatic amines is 1. The van der Waals surface area contributed by atoms with Crippen molar-refractivity contribution >= 4 is 27.4 Å². The van der Waals surface area contributed by atoms with E-state index in [0.29, 0.717) is 16.8 Å². The molecule has 0 saturated carbocycles. The van der Waals surface area contributed by atoms with Crippen molar-refractivity contribution in [3.05, 3.63) is 53.3 Å². The van der Waals surface area contributed by atoms with E-state index >= 15 is 0 Å². The lowest BCUT2D eigenvalue weighted by atomic mass is 10.1. The van der Waals surface area contributed by atoms with Gasteiger partial charge >= 0.3 is 0 Å². The van der Waals surface area contributed by atoms with Crippen molar-refractivity contribution in [2.24, 2.45) is 0 Å². The summed E-state index contributed by atoms with van der Waals surface area (Å²) in [7, 11) is -3.43. The van der Waals surface area contributed by atoms with Gasteiger partial charge in [-0.3, -0.25) is 14.3 Å². The molecule has 1 aromatic carbocycles. The molecule has 128 valence electrons. The molecule has 24 heavy (non-hydrogen) atoms. The number of carbonyl (C=O) groups excluding carboxylic acids is 2. The summed E-state index contributed by atoms with van der Waals surface area (Å²) in [5.41, 5.74) is 1.73. The number of anilines is 1. The van der Waals surface area contributed by atoms with Gasteiger partial charge in [0.05, 0.1) is 18.0 Å². The molecule has 2 aromatic rings. The van der Waals surface area contributed by atoms with E-state index in [2.05, 4.69) is 15.0 Å². The molecule has 0 spiro atoms. The third kappa shape index (κ3) is 4.45. The molecule has 0 radical (unpaired) electrons. The lowest BCUT2D eigenvalue weighted by Crippen LogP contribution is -2.27. The van der Waals surface area contributed by atoms with Crippen molar-refractivity contribution in [2.45, 2.75) is 19.9 Å². The average molecular weight is 349 g/mol. The Bertz CT molecular complexity index is 871. The number of para-hydroxylation sites is 1. The molecule has 8 heteroatoms. The minimum Gasteiger partial charge on any atom is -0.356 e. The van der Waals surface area contributed by atoms with Gasteiger partial charge < -0.3 is 10.3 Å². The van der Waals surface area contributed by atoms with Crippen LogP contribution in [0.2, 0.25) is 0 Å². The first-order valence-electron chi connectivity index (χ1n) is 7.24. The summed E-state index contributed by atoms with van der Waals surface area (Å²) in [4.78, 5) is 26.3. The van der Waals surface area contributed by atoms with Gasteiger partial charge in [-0.05, 0) is 31.5 Å². The monoisotopic (exact) mass is 349 g/mol. The number of amides is 1. The van der Waals surface area contributed by atoms with Crippen LogP contribution in [0.3, 0.4) is 0 Å². The summed E-state index contributed by atoms with van der Waals surface area (Å²) in [6.07, 6.45) is 2.54. The predicted octanol–water partition coefficient (Wildman–Crippen LogP) is 2.08. The lowest BCUT2D eigenvalue weighted by molar-refractivity contribution is 0.0935. The van der Waals surface area contributed by atoms with Crippen LogP contribution in [0.5, 0.6) is 0 Å². The van der Waals surface area contributed by atoms with Gasteiger partial charge in [0.1, 0.15) is 5.69 Å². The van der Waals surface area contributed by atoms with E-state index in [1.807, 2.05) is 0 Å². The predicted molar refractivity (Wildman–Crippen MR) is 91.6 cm³/mol. The molecule has 0 saturated heterocycles. The Morgan fingerprint density at radius 1 is 1.21 bits per heavy atom. The molecule has 0 bridgehead atoms. The molecule has 1 unspecified atom stereocenters. The first-order chi connectivity index (χ1) is 11.2. The zero-order valence-electron chi connectivity index (χ0n) is 13.6. The highest BCUT2D eigenvalue weighted by molar-refractivity contribution is 7.92. The van der Waals surface area contributed by atoms with Gasteiger partial charge in [0.25, 0.3) is 5.91 Å². The minimum absolute atomic E-state index is 0.138. The van der Waals surface area contributed by atoms with Crippen LogP contribution in [-0.2, 0) is 10.0 Å². The van der Waals surface area contributed by atoms with Crippen LogP contribution < -0.4 is 10.0 Å². The zero-order valence-corrected chi connectivity index (χ0v) is 14.4. The Morgan fingerprint density at radius 2 is 1.88 bits per heavy atom. The number of hydrogen-bond donors (Lipinski definition) is 3. The molecule has 0 fully saturated rings. The number of rotatable bonds is 6. The van der Waals surface area contributed by atoms with Gasteiger partial charge in [-0.15, -0.1) is 0 Å². The topological polar surface area (TPSA) is 108 Å². The summed E-state index contributed by atoms with van der Waals surface area (Å²) in [5, 5.41) is 2.77. The molecule has 1 aromatic heterocycles. The van der Waals surface area contributed by atoms with Crippen LogP contribution in [-0.4, -0.2) is 31.3 Å². The number of benzene rings is 1. The zero-order chi connectivity index (χ0) is 17.9. The minimum atomic E-state index is -3.43.